The standard InChI is InChI=1S/C14H21N3O3/c1-4-6-10(3)16-14(18)11-7-8-13(17(19)20)12(9-11)15-5-2/h7-10,15H,4-6H2,1-3H3,(H,16,18). The Labute approximate surface area is 118 Å². The van der Waals surface area contributed by atoms with Crippen LogP contribution in [0.3, 0.4) is 0 Å². The second kappa shape index (κ2) is 7.47. The Hall–Kier alpha value is -2.11. The Morgan fingerprint density at radius 3 is 2.65 bits per heavy atom. The smallest absolute Gasteiger partial charge is 0.292 e. The second-order valence-electron chi connectivity index (χ2n) is 4.68. The fourth-order valence-electron chi connectivity index (χ4n) is 1.98. The number of benzene rings is 1. The van der Waals surface area contributed by atoms with Crippen molar-refractivity contribution >= 4 is 17.3 Å². The van der Waals surface area contributed by atoms with Crippen LogP contribution >= 0.6 is 0 Å². The summed E-state index contributed by atoms with van der Waals surface area (Å²) in [6.45, 7) is 6.40. The summed E-state index contributed by atoms with van der Waals surface area (Å²) in [5.74, 6) is -0.208. The first-order valence-electron chi connectivity index (χ1n) is 6.82. The van der Waals surface area contributed by atoms with Crippen LogP contribution in [0.5, 0.6) is 0 Å². The summed E-state index contributed by atoms with van der Waals surface area (Å²) in [5, 5.41) is 16.7. The lowest BCUT2D eigenvalue weighted by Crippen LogP contribution is -2.32. The fraction of sp³-hybridized carbons (Fsp3) is 0.500. The van der Waals surface area contributed by atoms with Gasteiger partial charge in [-0.1, -0.05) is 13.3 Å². The van der Waals surface area contributed by atoms with Crippen molar-refractivity contribution in [3.8, 4) is 0 Å². The molecule has 1 unspecified atom stereocenters. The number of nitrogens with one attached hydrogen (secondary N) is 2. The molecule has 6 nitrogen and oxygen atoms in total. The van der Waals surface area contributed by atoms with E-state index in [2.05, 4.69) is 17.6 Å². The van der Waals surface area contributed by atoms with Crippen molar-refractivity contribution < 1.29 is 9.72 Å². The molecule has 0 fully saturated rings. The molecule has 0 bridgehead atoms. The molecule has 1 atom stereocenters. The normalized spacial score (nSPS) is 11.8. The number of carbonyl (C=O) groups excluding carboxylic acids is 1. The summed E-state index contributed by atoms with van der Waals surface area (Å²) in [7, 11) is 0. The molecule has 2 N–H and O–H groups in total. The van der Waals surface area contributed by atoms with Crippen LogP contribution < -0.4 is 10.6 Å². The van der Waals surface area contributed by atoms with Gasteiger partial charge in [-0.3, -0.25) is 14.9 Å². The van der Waals surface area contributed by atoms with Crippen LogP contribution in [0.2, 0.25) is 0 Å². The molecule has 0 saturated carbocycles. The molecular formula is C14H21N3O3. The van der Waals surface area contributed by atoms with E-state index in [0.29, 0.717) is 17.8 Å². The first-order valence-corrected chi connectivity index (χ1v) is 6.82. The van der Waals surface area contributed by atoms with Crippen molar-refractivity contribution in [2.24, 2.45) is 0 Å². The molecule has 0 radical (unpaired) electrons. The van der Waals surface area contributed by atoms with E-state index in [4.69, 9.17) is 0 Å². The SMILES string of the molecule is CCCC(C)NC(=O)c1ccc([N+](=O)[O-])c(NCC)c1. The number of rotatable bonds is 7. The third kappa shape index (κ3) is 4.22. The Balaban J connectivity index is 2.93. The first kappa shape index (κ1) is 15.9. The van der Waals surface area contributed by atoms with E-state index in [-0.39, 0.29) is 17.6 Å². The third-order valence-electron chi connectivity index (χ3n) is 2.92. The average molecular weight is 279 g/mol. The molecule has 1 rings (SSSR count). The van der Waals surface area contributed by atoms with Gasteiger partial charge in [0.15, 0.2) is 0 Å². The van der Waals surface area contributed by atoms with Crippen LogP contribution in [0.4, 0.5) is 11.4 Å². The minimum absolute atomic E-state index is 0.0231. The van der Waals surface area contributed by atoms with Crippen LogP contribution in [-0.4, -0.2) is 23.4 Å². The van der Waals surface area contributed by atoms with Crippen LogP contribution in [-0.2, 0) is 0 Å². The van der Waals surface area contributed by atoms with Gasteiger partial charge in [-0.2, -0.15) is 0 Å². The average Bonchev–Trinajstić information content (AvgIpc) is 2.38. The second-order valence-corrected chi connectivity index (χ2v) is 4.68. The molecule has 0 aliphatic rings. The summed E-state index contributed by atoms with van der Waals surface area (Å²) in [4.78, 5) is 22.5. The van der Waals surface area contributed by atoms with Gasteiger partial charge >= 0.3 is 0 Å². The van der Waals surface area contributed by atoms with Crippen molar-refractivity contribution in [3.05, 3.63) is 33.9 Å². The van der Waals surface area contributed by atoms with Crippen molar-refractivity contribution in [2.75, 3.05) is 11.9 Å². The van der Waals surface area contributed by atoms with Crippen molar-refractivity contribution in [2.45, 2.75) is 39.7 Å². The van der Waals surface area contributed by atoms with Crippen molar-refractivity contribution in [1.82, 2.24) is 5.32 Å². The zero-order valence-electron chi connectivity index (χ0n) is 12.1. The van der Waals surface area contributed by atoms with Gasteiger partial charge in [0.2, 0.25) is 0 Å². The molecule has 20 heavy (non-hydrogen) atoms. The predicted octanol–water partition coefficient (Wildman–Crippen LogP) is 2.95. The minimum atomic E-state index is -0.459. The molecule has 0 aromatic heterocycles. The number of nitrogens with zero attached hydrogens (tertiary/aromatic N) is 1. The summed E-state index contributed by atoms with van der Waals surface area (Å²) < 4.78 is 0. The maximum atomic E-state index is 12.1. The zero-order chi connectivity index (χ0) is 15.1. The number of anilines is 1. The van der Waals surface area contributed by atoms with E-state index >= 15 is 0 Å². The molecule has 0 aliphatic heterocycles. The molecule has 110 valence electrons. The molecule has 6 heteroatoms. The lowest BCUT2D eigenvalue weighted by atomic mass is 10.1. The number of nitro groups is 1. The van der Waals surface area contributed by atoms with E-state index in [1.165, 1.54) is 18.2 Å². The van der Waals surface area contributed by atoms with E-state index in [0.717, 1.165) is 12.8 Å². The number of hydrogen-bond acceptors (Lipinski definition) is 4. The molecule has 1 amide bonds. The Morgan fingerprint density at radius 2 is 2.10 bits per heavy atom. The number of amides is 1. The Morgan fingerprint density at radius 1 is 1.40 bits per heavy atom. The Bertz CT molecular complexity index is 489. The van der Waals surface area contributed by atoms with Gasteiger partial charge in [-0.05, 0) is 32.4 Å². The Kier molecular flexibility index (Phi) is 5.96. The maximum absolute atomic E-state index is 12.1. The van der Waals surface area contributed by atoms with Gasteiger partial charge < -0.3 is 10.6 Å². The number of carbonyl (C=O) groups is 1. The summed E-state index contributed by atoms with van der Waals surface area (Å²) >= 11 is 0. The fourth-order valence-corrected chi connectivity index (χ4v) is 1.98. The highest BCUT2D eigenvalue weighted by atomic mass is 16.6. The van der Waals surface area contributed by atoms with Gasteiger partial charge in [-0.15, -0.1) is 0 Å². The van der Waals surface area contributed by atoms with Crippen LogP contribution in [0.1, 0.15) is 44.0 Å². The lowest BCUT2D eigenvalue weighted by Gasteiger charge is -2.13. The quantitative estimate of drug-likeness (QED) is 0.593. The molecular weight excluding hydrogens is 258 g/mol. The zero-order valence-corrected chi connectivity index (χ0v) is 12.1. The highest BCUT2D eigenvalue weighted by molar-refractivity contribution is 5.96. The predicted molar refractivity (Wildman–Crippen MR) is 79.1 cm³/mol. The first-order chi connectivity index (χ1) is 9.49. The number of nitro benzene ring substituents is 1. The van der Waals surface area contributed by atoms with Crippen LogP contribution in [0.25, 0.3) is 0 Å². The topological polar surface area (TPSA) is 84.3 Å². The number of hydrogen-bond donors (Lipinski definition) is 2. The maximum Gasteiger partial charge on any atom is 0.292 e. The molecule has 1 aromatic carbocycles. The van der Waals surface area contributed by atoms with Crippen LogP contribution in [0, 0.1) is 10.1 Å². The summed E-state index contributed by atoms with van der Waals surface area (Å²) in [6, 6.07) is 4.45. The summed E-state index contributed by atoms with van der Waals surface area (Å²) in [5.41, 5.74) is 0.771. The molecule has 1 aromatic rings. The monoisotopic (exact) mass is 279 g/mol. The van der Waals surface area contributed by atoms with Crippen molar-refractivity contribution in [3.63, 3.8) is 0 Å². The lowest BCUT2D eigenvalue weighted by molar-refractivity contribution is -0.384. The largest absolute Gasteiger partial charge is 0.380 e. The van der Waals surface area contributed by atoms with Gasteiger partial charge in [0.25, 0.3) is 11.6 Å². The van der Waals surface area contributed by atoms with Gasteiger partial charge in [0.1, 0.15) is 5.69 Å². The van der Waals surface area contributed by atoms with Crippen LogP contribution in [0.15, 0.2) is 18.2 Å². The van der Waals surface area contributed by atoms with Gasteiger partial charge in [0.05, 0.1) is 4.92 Å². The molecule has 0 aliphatic carbocycles. The highest BCUT2D eigenvalue weighted by Crippen LogP contribution is 2.25. The van der Waals surface area contributed by atoms with Gasteiger partial charge in [-0.25, -0.2) is 0 Å². The minimum Gasteiger partial charge on any atom is -0.380 e. The molecule has 0 heterocycles. The van der Waals surface area contributed by atoms with E-state index < -0.39 is 4.92 Å². The summed E-state index contributed by atoms with van der Waals surface area (Å²) in [6.07, 6.45) is 1.89. The molecule has 0 spiro atoms. The highest BCUT2D eigenvalue weighted by Gasteiger charge is 2.17. The van der Waals surface area contributed by atoms with E-state index in [1.807, 2.05) is 13.8 Å². The van der Waals surface area contributed by atoms with Gasteiger partial charge in [0, 0.05) is 24.2 Å². The van der Waals surface area contributed by atoms with Crippen molar-refractivity contribution in [1.29, 1.82) is 0 Å². The molecule has 0 saturated heterocycles. The third-order valence-corrected chi connectivity index (χ3v) is 2.92. The van der Waals surface area contributed by atoms with E-state index in [1.54, 1.807) is 0 Å². The van der Waals surface area contributed by atoms with E-state index in [9.17, 15) is 14.9 Å².